The van der Waals surface area contributed by atoms with E-state index in [1.165, 1.54) is 18.6 Å². The fraction of sp³-hybridized carbons (Fsp3) is 0.310. The standard InChI is InChI=1S/C29H29N7O7/c1-2-30-29(39)35-25-22-26(33-15-32-25)36(16-34-22)27-24-23(42-21(43-24)11-10-17-7-4-3-5-8-17)20(41-27)14-40-13-19-18(28(37)38)9-6-12-31-19/h3-12,15-16,20-21,23-24,27H,2,13-14H2,1H3,(H,37,38)(H2,30,32,33,35,39)/b11-10+/t20-,21+,23?,24+,27-/m1/s1. The predicted octanol–water partition coefficient (Wildman–Crippen LogP) is 3.00. The van der Waals surface area contributed by atoms with E-state index in [1.54, 1.807) is 17.0 Å². The van der Waals surface area contributed by atoms with Crippen LogP contribution >= 0.6 is 0 Å². The first-order valence-electron chi connectivity index (χ1n) is 13.7. The zero-order chi connectivity index (χ0) is 29.8. The van der Waals surface area contributed by atoms with E-state index in [-0.39, 0.29) is 24.6 Å². The molecule has 0 saturated carbocycles. The minimum Gasteiger partial charge on any atom is -0.478 e. The predicted molar refractivity (Wildman–Crippen MR) is 152 cm³/mol. The zero-order valence-corrected chi connectivity index (χ0v) is 23.1. The molecule has 5 atom stereocenters. The molecule has 2 fully saturated rings. The number of aromatic carboxylic acids is 1. The molecule has 2 amide bonds. The van der Waals surface area contributed by atoms with Crippen LogP contribution in [0.1, 0.15) is 34.8 Å². The summed E-state index contributed by atoms with van der Waals surface area (Å²) in [4.78, 5) is 40.9. The number of ether oxygens (including phenoxy) is 4. The number of imidazole rings is 1. The first kappa shape index (κ1) is 28.4. The highest BCUT2D eigenvalue weighted by atomic mass is 16.8. The maximum absolute atomic E-state index is 12.1. The molecule has 0 aliphatic carbocycles. The van der Waals surface area contributed by atoms with Crippen LogP contribution in [0.5, 0.6) is 0 Å². The highest BCUT2D eigenvalue weighted by Gasteiger charge is 2.53. The number of urea groups is 1. The van der Waals surface area contributed by atoms with Gasteiger partial charge in [-0.15, -0.1) is 0 Å². The number of carbonyl (C=O) groups excluding carboxylic acids is 1. The molecule has 0 spiro atoms. The molecule has 1 aromatic carbocycles. The van der Waals surface area contributed by atoms with Gasteiger partial charge in [-0.25, -0.2) is 24.5 Å². The molecule has 222 valence electrons. The second-order valence-electron chi connectivity index (χ2n) is 9.75. The highest BCUT2D eigenvalue weighted by molar-refractivity contribution is 5.95. The van der Waals surface area contributed by atoms with Gasteiger partial charge in [0.1, 0.15) is 24.6 Å². The Bertz CT molecular complexity index is 1630. The zero-order valence-electron chi connectivity index (χ0n) is 23.1. The number of benzene rings is 1. The Hall–Kier alpha value is -4.76. The van der Waals surface area contributed by atoms with Crippen LogP contribution in [-0.2, 0) is 25.6 Å². The number of amides is 2. The number of hydrogen-bond acceptors (Lipinski definition) is 10. The molecule has 0 radical (unpaired) electrons. The Balaban J connectivity index is 1.24. The summed E-state index contributed by atoms with van der Waals surface area (Å²) in [7, 11) is 0. The Morgan fingerprint density at radius 1 is 1.05 bits per heavy atom. The van der Waals surface area contributed by atoms with Gasteiger partial charge in [-0.3, -0.25) is 14.9 Å². The summed E-state index contributed by atoms with van der Waals surface area (Å²) in [5.41, 5.74) is 2.17. The number of nitrogens with zero attached hydrogens (tertiary/aromatic N) is 5. The van der Waals surface area contributed by atoms with Gasteiger partial charge >= 0.3 is 12.0 Å². The second-order valence-corrected chi connectivity index (χ2v) is 9.75. The number of nitrogens with one attached hydrogen (secondary N) is 2. The minimum atomic E-state index is -1.08. The summed E-state index contributed by atoms with van der Waals surface area (Å²) in [6, 6.07) is 12.4. The number of carbonyl (C=O) groups is 2. The lowest BCUT2D eigenvalue weighted by Crippen LogP contribution is -2.32. The van der Waals surface area contributed by atoms with Crippen molar-refractivity contribution in [3.8, 4) is 0 Å². The van der Waals surface area contributed by atoms with E-state index in [4.69, 9.17) is 18.9 Å². The third-order valence-electron chi connectivity index (χ3n) is 6.96. The SMILES string of the molecule is CCNC(=O)Nc1ncnc2c1ncn2[C@@H]1O[C@H](COCc2ncccc2C(=O)O)C2O[C@H](/C=C/c3ccccc3)O[C@@H]21. The van der Waals surface area contributed by atoms with Crippen molar-refractivity contribution in [3.05, 3.63) is 84.2 Å². The van der Waals surface area contributed by atoms with Gasteiger partial charge in [0.25, 0.3) is 0 Å². The molecule has 14 nitrogen and oxygen atoms in total. The molecule has 0 bridgehead atoms. The van der Waals surface area contributed by atoms with Crippen molar-refractivity contribution < 1.29 is 33.6 Å². The van der Waals surface area contributed by atoms with Crippen LogP contribution in [0.4, 0.5) is 10.6 Å². The van der Waals surface area contributed by atoms with Crippen LogP contribution in [0.25, 0.3) is 17.2 Å². The van der Waals surface area contributed by atoms with Crippen molar-refractivity contribution >= 4 is 35.1 Å². The molecule has 3 aromatic heterocycles. The van der Waals surface area contributed by atoms with Gasteiger partial charge in [0, 0.05) is 12.7 Å². The molecule has 6 rings (SSSR count). The van der Waals surface area contributed by atoms with E-state index in [0.29, 0.717) is 23.4 Å². The van der Waals surface area contributed by atoms with Gasteiger partial charge in [0.2, 0.25) is 0 Å². The molecule has 43 heavy (non-hydrogen) atoms. The molecule has 1 unspecified atom stereocenters. The van der Waals surface area contributed by atoms with E-state index in [9.17, 15) is 14.7 Å². The quantitative estimate of drug-likeness (QED) is 0.249. The fourth-order valence-electron chi connectivity index (χ4n) is 5.02. The van der Waals surface area contributed by atoms with Crippen molar-refractivity contribution in [2.45, 2.75) is 44.4 Å². The molecule has 4 aromatic rings. The maximum atomic E-state index is 12.1. The number of anilines is 1. The van der Waals surface area contributed by atoms with E-state index in [0.717, 1.165) is 5.56 Å². The number of rotatable bonds is 10. The summed E-state index contributed by atoms with van der Waals surface area (Å²) in [5, 5.41) is 14.8. The number of hydrogen-bond donors (Lipinski definition) is 3. The molecule has 3 N–H and O–H groups in total. The van der Waals surface area contributed by atoms with E-state index < -0.39 is 42.8 Å². The van der Waals surface area contributed by atoms with Crippen molar-refractivity contribution in [1.82, 2.24) is 29.8 Å². The van der Waals surface area contributed by atoms with Crippen LogP contribution in [0, 0.1) is 0 Å². The lowest BCUT2D eigenvalue weighted by molar-refractivity contribution is -0.139. The van der Waals surface area contributed by atoms with E-state index in [1.807, 2.05) is 49.4 Å². The minimum absolute atomic E-state index is 0.0291. The molecule has 2 saturated heterocycles. The molecule has 14 heteroatoms. The van der Waals surface area contributed by atoms with Crippen LogP contribution in [-0.4, -0.2) is 79.4 Å². The van der Waals surface area contributed by atoms with Gasteiger partial charge in [0.05, 0.1) is 30.8 Å². The van der Waals surface area contributed by atoms with Crippen LogP contribution in [0.3, 0.4) is 0 Å². The van der Waals surface area contributed by atoms with Gasteiger partial charge < -0.3 is 29.4 Å². The summed E-state index contributed by atoms with van der Waals surface area (Å²) < 4.78 is 26.6. The van der Waals surface area contributed by atoms with Gasteiger partial charge in [-0.05, 0) is 30.7 Å². The number of aromatic nitrogens is 5. The van der Waals surface area contributed by atoms with Crippen molar-refractivity contribution in [2.24, 2.45) is 0 Å². The highest BCUT2D eigenvalue weighted by Crippen LogP contribution is 2.41. The first-order chi connectivity index (χ1) is 21.0. The average Bonchev–Trinajstić information content (AvgIpc) is 3.72. The summed E-state index contributed by atoms with van der Waals surface area (Å²) in [5.74, 6) is -0.833. The molecule has 2 aliphatic rings. The summed E-state index contributed by atoms with van der Waals surface area (Å²) >= 11 is 0. The smallest absolute Gasteiger partial charge is 0.337 e. The van der Waals surface area contributed by atoms with Gasteiger partial charge in [0.15, 0.2) is 29.5 Å². The second kappa shape index (κ2) is 12.6. The number of carboxylic acid groups (broad SMARTS) is 1. The lowest BCUT2D eigenvalue weighted by Gasteiger charge is -2.20. The van der Waals surface area contributed by atoms with Crippen molar-refractivity contribution in [1.29, 1.82) is 0 Å². The maximum Gasteiger partial charge on any atom is 0.337 e. The van der Waals surface area contributed by atoms with Crippen LogP contribution in [0.15, 0.2) is 67.4 Å². The third-order valence-corrected chi connectivity index (χ3v) is 6.96. The first-order valence-corrected chi connectivity index (χ1v) is 13.7. The molecule has 5 heterocycles. The van der Waals surface area contributed by atoms with E-state index in [2.05, 4.69) is 30.6 Å². The largest absolute Gasteiger partial charge is 0.478 e. The van der Waals surface area contributed by atoms with Gasteiger partial charge in [-0.2, -0.15) is 0 Å². The van der Waals surface area contributed by atoms with Crippen molar-refractivity contribution in [2.75, 3.05) is 18.5 Å². The Morgan fingerprint density at radius 2 is 1.88 bits per heavy atom. The number of pyridine rings is 1. The fourth-order valence-corrected chi connectivity index (χ4v) is 5.02. The monoisotopic (exact) mass is 587 g/mol. The molecule has 2 aliphatic heterocycles. The number of carboxylic acids is 1. The van der Waals surface area contributed by atoms with Crippen LogP contribution in [0.2, 0.25) is 0 Å². The van der Waals surface area contributed by atoms with Gasteiger partial charge in [-0.1, -0.05) is 36.4 Å². The Labute approximate surface area is 245 Å². The molecular weight excluding hydrogens is 558 g/mol. The normalized spacial score (nSPS) is 23.0. The van der Waals surface area contributed by atoms with Crippen LogP contribution < -0.4 is 10.6 Å². The Morgan fingerprint density at radius 3 is 2.70 bits per heavy atom. The van der Waals surface area contributed by atoms with Crippen molar-refractivity contribution in [3.63, 3.8) is 0 Å². The lowest BCUT2D eigenvalue weighted by atomic mass is 10.1. The summed E-state index contributed by atoms with van der Waals surface area (Å²) in [6.07, 6.45) is 5.14. The number of fused-ring (bicyclic) bond motifs is 2. The Kier molecular flexibility index (Phi) is 8.33. The topological polar surface area (TPSA) is 172 Å². The average molecular weight is 588 g/mol. The van der Waals surface area contributed by atoms with E-state index >= 15 is 0 Å². The summed E-state index contributed by atoms with van der Waals surface area (Å²) in [6.45, 7) is 2.31. The molecular formula is C29H29N7O7. The third kappa shape index (κ3) is 6.08.